The Morgan fingerprint density at radius 2 is 2.50 bits per heavy atom. The molecule has 0 radical (unpaired) electrons. The van der Waals surface area contributed by atoms with Crippen LogP contribution in [0.1, 0.15) is 0 Å². The highest BCUT2D eigenvalue weighted by Gasteiger charge is 2.09. The Bertz CT molecular complexity index is 100. The van der Waals surface area contributed by atoms with E-state index >= 15 is 0 Å². The topological polar surface area (TPSA) is 20.3 Å². The lowest BCUT2D eigenvalue weighted by molar-refractivity contribution is 0.236. The summed E-state index contributed by atoms with van der Waals surface area (Å²) in [7, 11) is 0. The molecule has 0 bridgehead atoms. The summed E-state index contributed by atoms with van der Waals surface area (Å²) in [6.07, 6.45) is 0. The Morgan fingerprint density at radius 1 is 1.75 bits per heavy atom. The average molecular weight is 148 g/mol. The zero-order valence-electron chi connectivity index (χ0n) is 4.29. The smallest absolute Gasteiger partial charge is 0.101 e. The molecule has 0 aliphatic carbocycles. The molecule has 2 nitrogen and oxygen atoms in total. The third kappa shape index (κ3) is 1.26. The summed E-state index contributed by atoms with van der Waals surface area (Å²) in [5.74, 6) is 1.84. The molecule has 1 aliphatic heterocycles. The van der Waals surface area contributed by atoms with Crippen molar-refractivity contribution in [3.63, 3.8) is 0 Å². The van der Waals surface area contributed by atoms with E-state index in [2.05, 4.69) is 12.6 Å². The molecular weight excluding hydrogens is 142 g/mol. The maximum atomic E-state index is 10.4. The number of carbonyl (C=O) groups excluding carboxylic acids is 1. The highest BCUT2D eigenvalue weighted by molar-refractivity contribution is 7.99. The summed E-state index contributed by atoms with van der Waals surface area (Å²) < 4.78 is 0. The van der Waals surface area contributed by atoms with Crippen molar-refractivity contribution in [3.05, 3.63) is 0 Å². The molecule has 1 saturated heterocycles. The molecule has 1 heterocycles. The van der Waals surface area contributed by atoms with Gasteiger partial charge in [0.2, 0.25) is 0 Å². The molecule has 4 heteroatoms. The lowest BCUT2D eigenvalue weighted by Crippen LogP contribution is -2.23. The quantitative estimate of drug-likeness (QED) is 0.471. The lowest BCUT2D eigenvalue weighted by atomic mass is 10.7. The fourth-order valence-electron chi connectivity index (χ4n) is 0.558. The number of thioether (sulfide) groups is 1. The summed E-state index contributed by atoms with van der Waals surface area (Å²) in [6, 6.07) is 0. The minimum absolute atomic E-state index is 0.213. The van der Waals surface area contributed by atoms with Gasteiger partial charge in [-0.25, -0.2) is 0 Å². The van der Waals surface area contributed by atoms with Crippen LogP contribution in [0.2, 0.25) is 0 Å². The second-order valence-corrected chi connectivity index (χ2v) is 2.99. The van der Waals surface area contributed by atoms with E-state index in [1.54, 1.807) is 16.7 Å². The normalized spacial score (nSPS) is 19.2. The Labute approximate surface area is 58.0 Å². The molecule has 0 N–H and O–H groups in total. The first-order valence-corrected chi connectivity index (χ1v) is 3.90. The number of carbonyl (C=O) groups is 1. The number of rotatable bonds is 0. The van der Waals surface area contributed by atoms with Crippen molar-refractivity contribution in [2.75, 3.05) is 18.2 Å². The van der Waals surface area contributed by atoms with Crippen LogP contribution in [-0.4, -0.2) is 28.3 Å². The van der Waals surface area contributed by atoms with Gasteiger partial charge in [-0.2, -0.15) is 0 Å². The van der Waals surface area contributed by atoms with Crippen molar-refractivity contribution in [2.24, 2.45) is 0 Å². The molecule has 0 saturated carbocycles. The molecular formula is C4H6NOS2-. The van der Waals surface area contributed by atoms with Crippen molar-refractivity contribution in [1.82, 2.24) is 4.90 Å². The van der Waals surface area contributed by atoms with Crippen molar-refractivity contribution < 1.29 is 4.79 Å². The van der Waals surface area contributed by atoms with Crippen molar-refractivity contribution >= 4 is 29.6 Å². The van der Waals surface area contributed by atoms with Crippen LogP contribution in [0.15, 0.2) is 0 Å². The second kappa shape index (κ2) is 2.55. The van der Waals surface area contributed by atoms with Gasteiger partial charge >= 0.3 is 0 Å². The zero-order chi connectivity index (χ0) is 5.98. The number of hydrogen-bond donors (Lipinski definition) is 0. The maximum absolute atomic E-state index is 10.4. The van der Waals surface area contributed by atoms with Gasteiger partial charge in [-0.1, -0.05) is 0 Å². The summed E-state index contributed by atoms with van der Waals surface area (Å²) in [4.78, 5) is 12.0. The highest BCUT2D eigenvalue weighted by Crippen LogP contribution is 2.12. The minimum atomic E-state index is -0.213. The van der Waals surface area contributed by atoms with Crippen molar-refractivity contribution in [2.45, 2.75) is 0 Å². The van der Waals surface area contributed by atoms with Gasteiger partial charge in [0, 0.05) is 12.3 Å². The molecule has 1 aliphatic rings. The molecule has 0 aromatic rings. The van der Waals surface area contributed by atoms with E-state index < -0.39 is 0 Å². The van der Waals surface area contributed by atoms with E-state index in [1.165, 1.54) is 0 Å². The van der Waals surface area contributed by atoms with Crippen LogP contribution in [-0.2, 0) is 12.6 Å². The average Bonchev–Trinajstić information content (AvgIpc) is 2.12. The molecule has 1 fully saturated rings. The molecule has 0 unspecified atom stereocenters. The molecule has 0 atom stereocenters. The maximum Gasteiger partial charge on any atom is 0.101 e. The van der Waals surface area contributed by atoms with Crippen LogP contribution < -0.4 is 0 Å². The van der Waals surface area contributed by atoms with Crippen LogP contribution >= 0.6 is 11.8 Å². The summed E-state index contributed by atoms with van der Waals surface area (Å²) in [6.45, 7) is 0.840. The second-order valence-electron chi connectivity index (χ2n) is 1.57. The van der Waals surface area contributed by atoms with Gasteiger partial charge in [-0.15, -0.1) is 11.8 Å². The van der Waals surface area contributed by atoms with Gasteiger partial charge in [0.25, 0.3) is 0 Å². The molecule has 1 rings (SSSR count). The lowest BCUT2D eigenvalue weighted by Gasteiger charge is -2.17. The van der Waals surface area contributed by atoms with E-state index in [-0.39, 0.29) is 5.24 Å². The highest BCUT2D eigenvalue weighted by atomic mass is 32.2. The van der Waals surface area contributed by atoms with Gasteiger partial charge in [0.1, 0.15) is 5.24 Å². The van der Waals surface area contributed by atoms with E-state index in [1.807, 2.05) is 0 Å². The first-order chi connectivity index (χ1) is 3.80. The standard InChI is InChI=1S/C4H7NOS2/c6-4(7)5-1-2-8-3-5/h1-3H2,(H,6,7)/p-1. The SMILES string of the molecule is O=C([S-])N1CCSC1. The van der Waals surface area contributed by atoms with E-state index in [9.17, 15) is 4.79 Å². The Balaban J connectivity index is 2.35. The largest absolute Gasteiger partial charge is 0.719 e. The van der Waals surface area contributed by atoms with E-state index in [4.69, 9.17) is 0 Å². The third-order valence-electron chi connectivity index (χ3n) is 1.01. The molecule has 0 aromatic carbocycles. The Hall–Kier alpha value is 0.0400. The molecule has 0 aromatic heterocycles. The van der Waals surface area contributed by atoms with Crippen LogP contribution in [0.4, 0.5) is 4.79 Å². The fraction of sp³-hybridized carbons (Fsp3) is 0.750. The summed E-state index contributed by atoms with van der Waals surface area (Å²) in [5.41, 5.74) is 0. The molecule has 8 heavy (non-hydrogen) atoms. The molecule has 46 valence electrons. The van der Waals surface area contributed by atoms with Crippen molar-refractivity contribution in [3.8, 4) is 0 Å². The number of nitrogens with zero attached hydrogens (tertiary/aromatic N) is 1. The van der Waals surface area contributed by atoms with E-state index in [0.29, 0.717) is 0 Å². The number of hydrogen-bond acceptors (Lipinski definition) is 3. The fourth-order valence-corrected chi connectivity index (χ4v) is 1.74. The first-order valence-electron chi connectivity index (χ1n) is 2.34. The first kappa shape index (κ1) is 6.16. The van der Waals surface area contributed by atoms with Gasteiger partial charge in [-0.3, -0.25) is 0 Å². The van der Waals surface area contributed by atoms with Gasteiger partial charge in [-0.05, 0) is 0 Å². The minimum Gasteiger partial charge on any atom is -0.719 e. The molecule has 0 spiro atoms. The van der Waals surface area contributed by atoms with Crippen LogP contribution in [0, 0.1) is 0 Å². The number of amides is 1. The predicted molar refractivity (Wildman–Crippen MR) is 36.8 cm³/mol. The predicted octanol–water partition coefficient (Wildman–Crippen LogP) is 0.660. The Kier molecular flexibility index (Phi) is 1.96. The monoisotopic (exact) mass is 148 g/mol. The molecule has 1 amide bonds. The van der Waals surface area contributed by atoms with Crippen LogP contribution in [0.3, 0.4) is 0 Å². The van der Waals surface area contributed by atoms with Gasteiger partial charge in [0.15, 0.2) is 0 Å². The summed E-state index contributed by atoms with van der Waals surface area (Å²) in [5, 5.41) is -0.213. The van der Waals surface area contributed by atoms with Gasteiger partial charge in [0.05, 0.1) is 5.88 Å². The van der Waals surface area contributed by atoms with Gasteiger partial charge < -0.3 is 22.3 Å². The summed E-state index contributed by atoms with van der Waals surface area (Å²) >= 11 is 6.16. The van der Waals surface area contributed by atoms with Crippen LogP contribution in [0.5, 0.6) is 0 Å². The van der Waals surface area contributed by atoms with Crippen LogP contribution in [0.25, 0.3) is 0 Å². The zero-order valence-corrected chi connectivity index (χ0v) is 5.93. The third-order valence-corrected chi connectivity index (χ3v) is 2.23. The Morgan fingerprint density at radius 3 is 2.75 bits per heavy atom. The van der Waals surface area contributed by atoms with E-state index in [0.717, 1.165) is 18.2 Å². The van der Waals surface area contributed by atoms with Crippen molar-refractivity contribution in [1.29, 1.82) is 0 Å².